The molecule has 0 atom stereocenters. The van der Waals surface area contributed by atoms with Crippen LogP contribution in [0.15, 0.2) is 65.3 Å². The van der Waals surface area contributed by atoms with Gasteiger partial charge in [-0.05, 0) is 35.9 Å². The first kappa shape index (κ1) is 18.4. The molecule has 3 rings (SSSR count). The van der Waals surface area contributed by atoms with E-state index in [-0.39, 0.29) is 17.3 Å². The summed E-state index contributed by atoms with van der Waals surface area (Å²) in [5.41, 5.74) is 1.33. The smallest absolute Gasteiger partial charge is 0.428 e. The van der Waals surface area contributed by atoms with Gasteiger partial charge in [-0.25, -0.2) is 9.79 Å². The van der Waals surface area contributed by atoms with Gasteiger partial charge in [0.25, 0.3) is 0 Å². The van der Waals surface area contributed by atoms with Crippen molar-refractivity contribution in [3.63, 3.8) is 0 Å². The average Bonchev–Trinajstić information content (AvgIpc) is 2.98. The van der Waals surface area contributed by atoms with Gasteiger partial charge in [-0.3, -0.25) is 0 Å². The second-order valence-corrected chi connectivity index (χ2v) is 6.33. The van der Waals surface area contributed by atoms with Gasteiger partial charge < -0.3 is 9.47 Å². The first-order chi connectivity index (χ1) is 12.3. The molecule has 1 aliphatic heterocycles. The number of hydrogen-bond acceptors (Lipinski definition) is 4. The van der Waals surface area contributed by atoms with E-state index in [4.69, 9.17) is 27.9 Å². The fourth-order valence-electron chi connectivity index (χ4n) is 2.10. The summed E-state index contributed by atoms with van der Waals surface area (Å²) in [7, 11) is 0. The van der Waals surface area contributed by atoms with Crippen LogP contribution in [0.2, 0.25) is 0 Å². The van der Waals surface area contributed by atoms with Gasteiger partial charge in [0.2, 0.25) is 10.7 Å². The number of hydrogen-bond donors (Lipinski definition) is 0. The summed E-state index contributed by atoms with van der Waals surface area (Å²) < 4.78 is 36.3. The molecular formula is C18H11Cl2F2NO3. The topological polar surface area (TPSA) is 47.9 Å². The van der Waals surface area contributed by atoms with Gasteiger partial charge in [-0.1, -0.05) is 53.5 Å². The fourth-order valence-corrected chi connectivity index (χ4v) is 2.19. The van der Waals surface area contributed by atoms with Crippen molar-refractivity contribution in [2.24, 2.45) is 4.99 Å². The Balaban J connectivity index is 1.78. The van der Waals surface area contributed by atoms with Gasteiger partial charge >= 0.3 is 12.1 Å². The Morgan fingerprint density at radius 3 is 2.35 bits per heavy atom. The standard InChI is InChI=1S/C18H11Cl2F2NO3/c19-17(20)18(21,22)26-13-8-6-11(7-9-13)10-14-16(24)25-15(23-14)12-4-2-1-3-5-12/h1-10,17H/b14-10+. The number of esters is 1. The maximum atomic E-state index is 13.3. The lowest BCUT2D eigenvalue weighted by Gasteiger charge is -2.18. The van der Waals surface area contributed by atoms with Gasteiger partial charge in [0.15, 0.2) is 5.70 Å². The van der Waals surface area contributed by atoms with Crippen molar-refractivity contribution in [3.05, 3.63) is 71.4 Å². The van der Waals surface area contributed by atoms with Gasteiger partial charge in [0.05, 0.1) is 0 Å². The average molecular weight is 398 g/mol. The van der Waals surface area contributed by atoms with E-state index >= 15 is 0 Å². The Bertz CT molecular complexity index is 866. The maximum Gasteiger partial charge on any atom is 0.428 e. The molecule has 26 heavy (non-hydrogen) atoms. The van der Waals surface area contributed by atoms with Crippen molar-refractivity contribution in [1.82, 2.24) is 0 Å². The number of cyclic esters (lactones) is 1. The van der Waals surface area contributed by atoms with Crippen molar-refractivity contribution in [3.8, 4) is 5.75 Å². The number of alkyl halides is 4. The highest BCUT2D eigenvalue weighted by molar-refractivity contribution is 6.44. The summed E-state index contributed by atoms with van der Waals surface area (Å²) in [6.07, 6.45) is -2.24. The summed E-state index contributed by atoms with van der Waals surface area (Å²) in [6, 6.07) is 14.5. The zero-order valence-corrected chi connectivity index (χ0v) is 14.5. The van der Waals surface area contributed by atoms with Gasteiger partial charge in [-0.15, -0.1) is 0 Å². The Kier molecular flexibility index (Phi) is 5.25. The van der Waals surface area contributed by atoms with E-state index in [1.165, 1.54) is 30.3 Å². The third kappa shape index (κ3) is 4.20. The molecule has 1 aliphatic rings. The Morgan fingerprint density at radius 2 is 1.73 bits per heavy atom. The van der Waals surface area contributed by atoms with Crippen molar-refractivity contribution < 1.29 is 23.0 Å². The highest BCUT2D eigenvalue weighted by Crippen LogP contribution is 2.30. The highest BCUT2D eigenvalue weighted by atomic mass is 35.5. The van der Waals surface area contributed by atoms with E-state index < -0.39 is 16.9 Å². The molecular weight excluding hydrogens is 387 g/mol. The third-order valence-electron chi connectivity index (χ3n) is 3.33. The molecule has 2 aromatic carbocycles. The van der Waals surface area contributed by atoms with Crippen LogP contribution in [0.1, 0.15) is 11.1 Å². The number of ether oxygens (including phenoxy) is 2. The number of carbonyl (C=O) groups excluding carboxylic acids is 1. The van der Waals surface area contributed by atoms with Crippen LogP contribution in [-0.4, -0.2) is 22.8 Å². The van der Waals surface area contributed by atoms with Crippen LogP contribution in [-0.2, 0) is 9.53 Å². The molecule has 2 aromatic rings. The number of rotatable bonds is 5. The molecule has 134 valence electrons. The van der Waals surface area contributed by atoms with Crippen LogP contribution < -0.4 is 4.74 Å². The number of carbonyl (C=O) groups is 1. The van der Waals surface area contributed by atoms with E-state index in [2.05, 4.69) is 9.73 Å². The molecule has 4 nitrogen and oxygen atoms in total. The summed E-state index contributed by atoms with van der Waals surface area (Å²) in [5, 5.41) is 0. The van der Waals surface area contributed by atoms with E-state index in [9.17, 15) is 13.6 Å². The van der Waals surface area contributed by atoms with Crippen molar-refractivity contribution >= 4 is 41.1 Å². The summed E-state index contributed by atoms with van der Waals surface area (Å²) in [6.45, 7) is 0. The molecule has 8 heteroatoms. The van der Waals surface area contributed by atoms with Crippen LogP contribution in [0, 0.1) is 0 Å². The Hall–Kier alpha value is -2.44. The SMILES string of the molecule is O=C1OC(c2ccccc2)=N/C1=C/c1ccc(OC(F)(F)C(Cl)Cl)cc1. The van der Waals surface area contributed by atoms with Gasteiger partial charge in [-0.2, -0.15) is 8.78 Å². The minimum absolute atomic E-state index is 0.101. The zero-order chi connectivity index (χ0) is 18.7. The molecule has 0 N–H and O–H groups in total. The van der Waals surface area contributed by atoms with Crippen LogP contribution in [0.5, 0.6) is 5.75 Å². The molecule has 0 saturated heterocycles. The molecule has 1 heterocycles. The maximum absolute atomic E-state index is 13.3. The minimum atomic E-state index is -3.72. The van der Waals surface area contributed by atoms with Crippen molar-refractivity contribution in [2.75, 3.05) is 0 Å². The lowest BCUT2D eigenvalue weighted by molar-refractivity contribution is -0.163. The molecule has 0 saturated carbocycles. The first-order valence-electron chi connectivity index (χ1n) is 7.38. The lowest BCUT2D eigenvalue weighted by atomic mass is 10.2. The molecule has 0 bridgehead atoms. The molecule has 0 fully saturated rings. The van der Waals surface area contributed by atoms with Crippen LogP contribution >= 0.6 is 23.2 Å². The summed E-state index contributed by atoms with van der Waals surface area (Å²) in [4.78, 5) is 14.1. The predicted molar refractivity (Wildman–Crippen MR) is 94.6 cm³/mol. The van der Waals surface area contributed by atoms with Gasteiger partial charge in [0.1, 0.15) is 5.75 Å². The normalized spacial score (nSPS) is 16.0. The lowest BCUT2D eigenvalue weighted by Crippen LogP contribution is -2.32. The van der Waals surface area contributed by atoms with Crippen LogP contribution in [0.4, 0.5) is 8.78 Å². The van der Waals surface area contributed by atoms with E-state index in [1.807, 2.05) is 6.07 Å². The summed E-state index contributed by atoms with van der Waals surface area (Å²) in [5.74, 6) is -0.509. The third-order valence-corrected chi connectivity index (χ3v) is 3.84. The summed E-state index contributed by atoms with van der Waals surface area (Å²) >= 11 is 10.3. The second-order valence-electron chi connectivity index (χ2n) is 5.24. The molecule has 0 aliphatic carbocycles. The van der Waals surface area contributed by atoms with Crippen LogP contribution in [0.3, 0.4) is 0 Å². The van der Waals surface area contributed by atoms with Crippen molar-refractivity contribution in [2.45, 2.75) is 10.9 Å². The molecule has 0 spiro atoms. The largest absolute Gasteiger partial charge is 0.431 e. The molecule has 0 amide bonds. The zero-order valence-electron chi connectivity index (χ0n) is 13.0. The monoisotopic (exact) mass is 397 g/mol. The number of benzene rings is 2. The fraction of sp³-hybridized carbons (Fsp3) is 0.111. The first-order valence-corrected chi connectivity index (χ1v) is 8.25. The Morgan fingerprint density at radius 1 is 1.08 bits per heavy atom. The molecule has 0 aromatic heterocycles. The van der Waals surface area contributed by atoms with E-state index in [0.29, 0.717) is 11.1 Å². The quantitative estimate of drug-likeness (QED) is 0.413. The molecule has 0 radical (unpaired) electrons. The van der Waals surface area contributed by atoms with Crippen molar-refractivity contribution in [1.29, 1.82) is 0 Å². The van der Waals surface area contributed by atoms with Gasteiger partial charge in [0, 0.05) is 5.56 Å². The number of nitrogens with zero attached hydrogens (tertiary/aromatic N) is 1. The number of aliphatic imine (C=N–C) groups is 1. The highest BCUT2D eigenvalue weighted by Gasteiger charge is 2.40. The number of halogens is 4. The predicted octanol–water partition coefficient (Wildman–Crippen LogP) is 4.81. The minimum Gasteiger partial charge on any atom is -0.431 e. The van der Waals surface area contributed by atoms with E-state index in [1.54, 1.807) is 24.3 Å². The Labute approximate surface area is 157 Å². The van der Waals surface area contributed by atoms with Crippen LogP contribution in [0.25, 0.3) is 6.08 Å². The second kappa shape index (κ2) is 7.43. The molecule has 0 unspecified atom stereocenters. The van der Waals surface area contributed by atoms with E-state index in [0.717, 1.165) is 0 Å².